The fourth-order valence-electron chi connectivity index (χ4n) is 0.844. The van der Waals surface area contributed by atoms with Gasteiger partial charge in [-0.25, -0.2) is 0 Å². The van der Waals surface area contributed by atoms with Crippen molar-refractivity contribution in [2.24, 2.45) is 0 Å². The van der Waals surface area contributed by atoms with Crippen molar-refractivity contribution in [3.63, 3.8) is 0 Å². The second-order valence-electron chi connectivity index (χ2n) is 2.74. The molecule has 1 rings (SSSR count). The first kappa shape index (κ1) is 10.3. The van der Waals surface area contributed by atoms with Crippen molar-refractivity contribution in [2.45, 2.75) is 19.6 Å². The number of halogens is 1. The Bertz CT molecular complexity index is 296. The lowest BCUT2D eigenvalue weighted by atomic mass is 10.3. The summed E-state index contributed by atoms with van der Waals surface area (Å²) in [6, 6.07) is 1.86. The molecule has 3 N–H and O–H groups in total. The van der Waals surface area contributed by atoms with E-state index in [1.54, 1.807) is 6.20 Å². The fourth-order valence-corrected chi connectivity index (χ4v) is 1.23. The molecule has 0 spiro atoms. The quantitative estimate of drug-likeness (QED) is 0.738. The summed E-state index contributed by atoms with van der Waals surface area (Å²) in [5, 5.41) is 11.4. The standard InChI is InChI=1S/C8H11BrN2O2/c1-5(12)8(13)11-4-7-2-6(9)3-10-7/h2-3,5,10,12H,4H2,1H3,(H,11,13)/t5-/m0/s1. The maximum atomic E-state index is 10.9. The fraction of sp³-hybridized carbons (Fsp3) is 0.375. The Labute approximate surface area is 84.5 Å². The van der Waals surface area contributed by atoms with E-state index >= 15 is 0 Å². The van der Waals surface area contributed by atoms with Gasteiger partial charge in [0.2, 0.25) is 5.91 Å². The van der Waals surface area contributed by atoms with Crippen LogP contribution in [0.3, 0.4) is 0 Å². The first-order chi connectivity index (χ1) is 6.09. The summed E-state index contributed by atoms with van der Waals surface area (Å²) in [6.07, 6.45) is 0.822. The molecule has 0 aromatic carbocycles. The number of hydrogen-bond donors (Lipinski definition) is 3. The topological polar surface area (TPSA) is 65.1 Å². The molecule has 1 amide bonds. The van der Waals surface area contributed by atoms with Crippen LogP contribution < -0.4 is 5.32 Å². The van der Waals surface area contributed by atoms with E-state index in [4.69, 9.17) is 5.11 Å². The highest BCUT2D eigenvalue weighted by atomic mass is 79.9. The normalized spacial score (nSPS) is 12.5. The molecule has 5 heteroatoms. The van der Waals surface area contributed by atoms with E-state index in [1.807, 2.05) is 6.07 Å². The number of aromatic amines is 1. The van der Waals surface area contributed by atoms with E-state index in [1.165, 1.54) is 6.92 Å². The van der Waals surface area contributed by atoms with Crippen molar-refractivity contribution in [1.29, 1.82) is 0 Å². The third-order valence-corrected chi connectivity index (χ3v) is 2.00. The summed E-state index contributed by atoms with van der Waals surface area (Å²) < 4.78 is 0.939. The second kappa shape index (κ2) is 4.43. The van der Waals surface area contributed by atoms with Crippen LogP contribution in [0.2, 0.25) is 0 Å². The minimum atomic E-state index is -0.960. The van der Waals surface area contributed by atoms with Crippen molar-refractivity contribution >= 4 is 21.8 Å². The first-order valence-corrected chi connectivity index (χ1v) is 4.67. The molecule has 13 heavy (non-hydrogen) atoms. The highest BCUT2D eigenvalue weighted by Crippen LogP contribution is 2.09. The molecule has 0 saturated heterocycles. The number of carbonyl (C=O) groups is 1. The lowest BCUT2D eigenvalue weighted by Gasteiger charge is -2.04. The summed E-state index contributed by atoms with van der Waals surface area (Å²) >= 11 is 3.27. The molecule has 0 fully saturated rings. The summed E-state index contributed by atoms with van der Waals surface area (Å²) in [6.45, 7) is 1.83. The largest absolute Gasteiger partial charge is 0.384 e. The van der Waals surface area contributed by atoms with E-state index in [0.29, 0.717) is 6.54 Å². The van der Waals surface area contributed by atoms with Gasteiger partial charge in [-0.05, 0) is 28.9 Å². The van der Waals surface area contributed by atoms with Crippen molar-refractivity contribution < 1.29 is 9.90 Å². The Morgan fingerprint density at radius 1 is 1.85 bits per heavy atom. The van der Waals surface area contributed by atoms with E-state index in [-0.39, 0.29) is 5.91 Å². The number of aliphatic hydroxyl groups excluding tert-OH is 1. The van der Waals surface area contributed by atoms with Crippen LogP contribution in [-0.2, 0) is 11.3 Å². The number of H-pyrrole nitrogens is 1. The Balaban J connectivity index is 2.39. The highest BCUT2D eigenvalue weighted by Gasteiger charge is 2.07. The van der Waals surface area contributed by atoms with E-state index in [2.05, 4.69) is 26.2 Å². The molecular weight excluding hydrogens is 236 g/mol. The third kappa shape index (κ3) is 3.20. The predicted molar refractivity (Wildman–Crippen MR) is 52.0 cm³/mol. The molecule has 0 radical (unpaired) electrons. The SMILES string of the molecule is C[C@H](O)C(=O)NCc1cc(Br)c[nH]1. The smallest absolute Gasteiger partial charge is 0.248 e. The molecule has 0 aliphatic rings. The zero-order valence-electron chi connectivity index (χ0n) is 7.17. The monoisotopic (exact) mass is 246 g/mol. The zero-order valence-corrected chi connectivity index (χ0v) is 8.76. The van der Waals surface area contributed by atoms with Crippen LogP contribution >= 0.6 is 15.9 Å². The number of carbonyl (C=O) groups excluding carboxylic acids is 1. The van der Waals surface area contributed by atoms with Gasteiger partial charge in [0.05, 0.1) is 6.54 Å². The maximum absolute atomic E-state index is 10.9. The van der Waals surface area contributed by atoms with Crippen molar-refractivity contribution in [3.8, 4) is 0 Å². The van der Waals surface area contributed by atoms with Gasteiger partial charge in [0, 0.05) is 16.4 Å². The van der Waals surface area contributed by atoms with Crippen LogP contribution in [0.25, 0.3) is 0 Å². The van der Waals surface area contributed by atoms with Gasteiger partial charge in [0.15, 0.2) is 0 Å². The zero-order chi connectivity index (χ0) is 9.84. The average Bonchev–Trinajstić information content (AvgIpc) is 2.47. The molecule has 0 aliphatic heterocycles. The maximum Gasteiger partial charge on any atom is 0.248 e. The van der Waals surface area contributed by atoms with Gasteiger partial charge >= 0.3 is 0 Å². The lowest BCUT2D eigenvalue weighted by Crippen LogP contribution is -2.31. The van der Waals surface area contributed by atoms with E-state index < -0.39 is 6.10 Å². The summed E-state index contributed by atoms with van der Waals surface area (Å²) in [4.78, 5) is 13.9. The number of nitrogens with one attached hydrogen (secondary N) is 2. The summed E-state index contributed by atoms with van der Waals surface area (Å²) in [5.41, 5.74) is 0.890. The molecule has 0 saturated carbocycles. The lowest BCUT2D eigenvalue weighted by molar-refractivity contribution is -0.128. The molecule has 0 bridgehead atoms. The molecule has 0 aliphatic carbocycles. The third-order valence-electron chi connectivity index (χ3n) is 1.54. The van der Waals surface area contributed by atoms with Gasteiger partial charge in [0.25, 0.3) is 0 Å². The molecule has 1 aromatic heterocycles. The molecular formula is C8H11BrN2O2. The average molecular weight is 247 g/mol. The van der Waals surface area contributed by atoms with Crippen molar-refractivity contribution in [1.82, 2.24) is 10.3 Å². The van der Waals surface area contributed by atoms with Crippen LogP contribution in [0.1, 0.15) is 12.6 Å². The van der Waals surface area contributed by atoms with Crippen LogP contribution in [-0.4, -0.2) is 22.1 Å². The number of hydrogen-bond acceptors (Lipinski definition) is 2. The second-order valence-corrected chi connectivity index (χ2v) is 3.65. The minimum absolute atomic E-state index is 0.370. The van der Waals surface area contributed by atoms with Crippen LogP contribution in [0.5, 0.6) is 0 Å². The Morgan fingerprint density at radius 2 is 2.54 bits per heavy atom. The van der Waals surface area contributed by atoms with Crippen LogP contribution in [0, 0.1) is 0 Å². The Kier molecular flexibility index (Phi) is 3.50. The van der Waals surface area contributed by atoms with Gasteiger partial charge in [0.1, 0.15) is 6.10 Å². The van der Waals surface area contributed by atoms with Gasteiger partial charge in [-0.3, -0.25) is 4.79 Å². The van der Waals surface area contributed by atoms with Crippen LogP contribution in [0.4, 0.5) is 0 Å². The van der Waals surface area contributed by atoms with Crippen molar-refractivity contribution in [3.05, 3.63) is 22.4 Å². The summed E-state index contributed by atoms with van der Waals surface area (Å²) in [7, 11) is 0. The van der Waals surface area contributed by atoms with E-state index in [9.17, 15) is 4.79 Å². The van der Waals surface area contributed by atoms with Crippen molar-refractivity contribution in [2.75, 3.05) is 0 Å². The molecule has 1 aromatic rings. The minimum Gasteiger partial charge on any atom is -0.384 e. The molecule has 0 unspecified atom stereocenters. The molecule has 72 valence electrons. The predicted octanol–water partition coefficient (Wildman–Crippen LogP) is 0.774. The van der Waals surface area contributed by atoms with Gasteiger partial charge in [-0.2, -0.15) is 0 Å². The molecule has 4 nitrogen and oxygen atoms in total. The molecule has 1 atom stereocenters. The number of rotatable bonds is 3. The van der Waals surface area contributed by atoms with Crippen LogP contribution in [0.15, 0.2) is 16.7 Å². The number of aromatic nitrogens is 1. The van der Waals surface area contributed by atoms with Gasteiger partial charge < -0.3 is 15.4 Å². The summed E-state index contributed by atoms with van der Waals surface area (Å²) in [5.74, 6) is -0.370. The Morgan fingerprint density at radius 3 is 3.00 bits per heavy atom. The Hall–Kier alpha value is -0.810. The van der Waals surface area contributed by atoms with E-state index in [0.717, 1.165) is 10.2 Å². The molecule has 1 heterocycles. The number of amides is 1. The highest BCUT2D eigenvalue weighted by molar-refractivity contribution is 9.10. The van der Waals surface area contributed by atoms with Gasteiger partial charge in [-0.15, -0.1) is 0 Å². The number of aliphatic hydroxyl groups is 1. The van der Waals surface area contributed by atoms with Gasteiger partial charge in [-0.1, -0.05) is 0 Å². The first-order valence-electron chi connectivity index (χ1n) is 3.88.